The molecular weight excluding hydrogens is 401 g/mol. The van der Waals surface area contributed by atoms with Gasteiger partial charge in [-0.2, -0.15) is 0 Å². The molecule has 4 heteroatoms. The van der Waals surface area contributed by atoms with Gasteiger partial charge in [-0.3, -0.25) is 0 Å². The first-order valence-corrected chi connectivity index (χ1v) is 5.96. The van der Waals surface area contributed by atoms with Crippen molar-refractivity contribution < 1.29 is 4.74 Å². The van der Waals surface area contributed by atoms with Crippen LogP contribution in [-0.4, -0.2) is 7.11 Å². The summed E-state index contributed by atoms with van der Waals surface area (Å²) >= 11 is 10.4. The molecule has 0 aromatic heterocycles. The van der Waals surface area contributed by atoms with E-state index in [1.54, 1.807) is 7.11 Å². The fourth-order valence-electron chi connectivity index (χ4n) is 0.891. The van der Waals surface area contributed by atoms with Gasteiger partial charge in [-0.1, -0.05) is 0 Å². The maximum atomic E-state index is 5.80. The zero-order valence-electron chi connectivity index (χ0n) is 6.40. The third-order valence-corrected chi connectivity index (χ3v) is 4.94. The summed E-state index contributed by atoms with van der Waals surface area (Å²) in [4.78, 5) is 0. The molecule has 0 unspecified atom stereocenters. The van der Waals surface area contributed by atoms with Crippen LogP contribution in [0.2, 0.25) is 0 Å². The lowest BCUT2D eigenvalue weighted by atomic mass is 10.2. The van der Waals surface area contributed by atoms with Crippen molar-refractivity contribution in [2.24, 2.45) is 0 Å². The van der Waals surface area contributed by atoms with Gasteiger partial charge in [0.05, 0.1) is 13.0 Å². The van der Waals surface area contributed by atoms with Gasteiger partial charge in [0.15, 0.2) is 0 Å². The minimum absolute atomic E-state index is 0.498. The van der Waals surface area contributed by atoms with Gasteiger partial charge in [0.1, 0.15) is 5.75 Å². The van der Waals surface area contributed by atoms with Crippen LogP contribution in [0.15, 0.2) is 12.1 Å². The molecule has 66 valence electrons. The van der Waals surface area contributed by atoms with Crippen LogP contribution >= 0.6 is 56.8 Å². The number of halogens is 3. The number of alkyl halides is 1. The molecule has 0 radical (unpaired) electrons. The van der Waals surface area contributed by atoms with E-state index in [9.17, 15) is 0 Å². The monoisotopic (exact) mass is 408 g/mol. The third-order valence-electron chi connectivity index (χ3n) is 1.51. The second-order valence-electron chi connectivity index (χ2n) is 2.18. The van der Waals surface area contributed by atoms with Crippen molar-refractivity contribution in [2.75, 3.05) is 7.11 Å². The topological polar surface area (TPSA) is 9.23 Å². The fourth-order valence-corrected chi connectivity index (χ4v) is 2.52. The molecule has 12 heavy (non-hydrogen) atoms. The minimum Gasteiger partial charge on any atom is -0.496 e. The number of ether oxygens (including phenoxy) is 1. The lowest BCUT2D eigenvalue weighted by molar-refractivity contribution is 0.410. The van der Waals surface area contributed by atoms with Gasteiger partial charge >= 0.3 is 0 Å². The highest BCUT2D eigenvalue weighted by molar-refractivity contribution is 14.1. The lowest BCUT2D eigenvalue weighted by Crippen LogP contribution is -1.94. The van der Waals surface area contributed by atoms with Crippen LogP contribution in [0.1, 0.15) is 5.56 Å². The Morgan fingerprint density at radius 1 is 1.42 bits per heavy atom. The zero-order chi connectivity index (χ0) is 9.14. The largest absolute Gasteiger partial charge is 0.496 e. The van der Waals surface area contributed by atoms with Crippen molar-refractivity contribution >= 4 is 56.8 Å². The molecule has 0 bridgehead atoms. The van der Waals surface area contributed by atoms with Crippen LogP contribution in [-0.2, 0) is 5.88 Å². The van der Waals surface area contributed by atoms with Gasteiger partial charge in [-0.25, -0.2) is 0 Å². The maximum absolute atomic E-state index is 5.80. The predicted octanol–water partition coefficient (Wildman–Crippen LogP) is 3.64. The first-order valence-electron chi connectivity index (χ1n) is 3.27. The fraction of sp³-hybridized carbons (Fsp3) is 0.250. The number of hydrogen-bond donors (Lipinski definition) is 0. The molecule has 0 spiro atoms. The van der Waals surface area contributed by atoms with Crippen LogP contribution in [0.5, 0.6) is 5.75 Å². The molecule has 0 N–H and O–H groups in total. The molecule has 0 fully saturated rings. The van der Waals surface area contributed by atoms with E-state index in [0.29, 0.717) is 5.88 Å². The van der Waals surface area contributed by atoms with Crippen molar-refractivity contribution in [3.63, 3.8) is 0 Å². The van der Waals surface area contributed by atoms with Crippen molar-refractivity contribution in [2.45, 2.75) is 5.88 Å². The molecule has 1 nitrogen and oxygen atoms in total. The van der Waals surface area contributed by atoms with Crippen molar-refractivity contribution in [1.82, 2.24) is 0 Å². The molecule has 0 aliphatic carbocycles. The number of rotatable bonds is 2. The van der Waals surface area contributed by atoms with E-state index < -0.39 is 0 Å². The second kappa shape index (κ2) is 4.85. The lowest BCUT2D eigenvalue weighted by Gasteiger charge is -2.08. The van der Waals surface area contributed by atoms with Crippen LogP contribution in [0, 0.1) is 7.14 Å². The van der Waals surface area contributed by atoms with Gasteiger partial charge in [0, 0.05) is 12.7 Å². The molecule has 0 amide bonds. The quantitative estimate of drug-likeness (QED) is 0.536. The molecule has 1 aromatic carbocycles. The van der Waals surface area contributed by atoms with E-state index in [2.05, 4.69) is 45.2 Å². The van der Waals surface area contributed by atoms with Crippen molar-refractivity contribution in [3.8, 4) is 5.75 Å². The Balaban J connectivity index is 3.25. The summed E-state index contributed by atoms with van der Waals surface area (Å²) in [6.07, 6.45) is 0. The Labute approximate surface area is 104 Å². The average molecular weight is 408 g/mol. The summed E-state index contributed by atoms with van der Waals surface area (Å²) in [6, 6.07) is 3.97. The molecule has 0 aliphatic rings. The number of hydrogen-bond acceptors (Lipinski definition) is 1. The summed E-state index contributed by atoms with van der Waals surface area (Å²) in [5.74, 6) is 1.37. The molecule has 0 aliphatic heterocycles. The van der Waals surface area contributed by atoms with Crippen molar-refractivity contribution in [3.05, 3.63) is 24.8 Å². The molecule has 0 heterocycles. The van der Waals surface area contributed by atoms with E-state index >= 15 is 0 Å². The zero-order valence-corrected chi connectivity index (χ0v) is 11.5. The number of methoxy groups -OCH3 is 1. The van der Waals surface area contributed by atoms with Gasteiger partial charge in [-0.05, 0) is 57.3 Å². The van der Waals surface area contributed by atoms with E-state index in [4.69, 9.17) is 16.3 Å². The Kier molecular flexibility index (Phi) is 4.39. The SMILES string of the molecule is COc1ccc(I)c(I)c1CCl. The third kappa shape index (κ3) is 2.17. The first kappa shape index (κ1) is 10.8. The summed E-state index contributed by atoms with van der Waals surface area (Å²) in [5, 5.41) is 0. The standard InChI is InChI=1S/C8H7ClI2O/c1-12-7-3-2-6(10)8(11)5(7)4-9/h2-3H,4H2,1H3. The Hall–Kier alpha value is 0.770. The van der Waals surface area contributed by atoms with E-state index in [1.165, 1.54) is 7.14 Å². The maximum Gasteiger partial charge on any atom is 0.124 e. The summed E-state index contributed by atoms with van der Waals surface area (Å²) in [6.45, 7) is 0. The van der Waals surface area contributed by atoms with Crippen LogP contribution in [0.3, 0.4) is 0 Å². The molecule has 1 rings (SSSR count). The smallest absolute Gasteiger partial charge is 0.124 e. The molecule has 0 atom stereocenters. The van der Waals surface area contributed by atoms with E-state index in [-0.39, 0.29) is 0 Å². The summed E-state index contributed by atoms with van der Waals surface area (Å²) in [7, 11) is 1.66. The van der Waals surface area contributed by atoms with E-state index in [1.807, 2.05) is 12.1 Å². The Bertz CT molecular complexity index is 289. The minimum atomic E-state index is 0.498. The van der Waals surface area contributed by atoms with Crippen molar-refractivity contribution in [1.29, 1.82) is 0 Å². The van der Waals surface area contributed by atoms with Crippen LogP contribution in [0.25, 0.3) is 0 Å². The highest BCUT2D eigenvalue weighted by Crippen LogP contribution is 2.29. The molecule has 1 aromatic rings. The van der Waals surface area contributed by atoms with Gasteiger partial charge in [-0.15, -0.1) is 11.6 Å². The van der Waals surface area contributed by atoms with Crippen LogP contribution < -0.4 is 4.74 Å². The molecular formula is C8H7ClI2O. The summed E-state index contributed by atoms with van der Waals surface area (Å²) < 4.78 is 7.58. The summed E-state index contributed by atoms with van der Waals surface area (Å²) in [5.41, 5.74) is 1.08. The molecule has 0 saturated carbocycles. The normalized spacial score (nSPS) is 10.0. The highest BCUT2D eigenvalue weighted by atomic mass is 127. The second-order valence-corrected chi connectivity index (χ2v) is 4.68. The van der Waals surface area contributed by atoms with Crippen LogP contribution in [0.4, 0.5) is 0 Å². The highest BCUT2D eigenvalue weighted by Gasteiger charge is 2.08. The average Bonchev–Trinajstić information content (AvgIpc) is 2.09. The predicted molar refractivity (Wildman–Crippen MR) is 68.0 cm³/mol. The van der Waals surface area contributed by atoms with Gasteiger partial charge in [0.2, 0.25) is 0 Å². The number of benzene rings is 1. The first-order chi connectivity index (χ1) is 5.70. The van der Waals surface area contributed by atoms with E-state index in [0.717, 1.165) is 11.3 Å². The Morgan fingerprint density at radius 3 is 2.58 bits per heavy atom. The van der Waals surface area contributed by atoms with Gasteiger partial charge < -0.3 is 4.74 Å². The Morgan fingerprint density at radius 2 is 2.08 bits per heavy atom. The molecule has 0 saturated heterocycles. The van der Waals surface area contributed by atoms with Gasteiger partial charge in [0.25, 0.3) is 0 Å².